The normalized spacial score (nSPS) is 23.5. The molecule has 1 heterocycles. The van der Waals surface area contributed by atoms with E-state index < -0.39 is 0 Å². The second-order valence-electron chi connectivity index (χ2n) is 5.21. The summed E-state index contributed by atoms with van der Waals surface area (Å²) in [6.45, 7) is 4.22. The Kier molecular flexibility index (Phi) is 5.59. The van der Waals surface area contributed by atoms with Crippen LogP contribution in [0.2, 0.25) is 0 Å². The van der Waals surface area contributed by atoms with Crippen LogP contribution in [0.5, 0.6) is 0 Å². The Hall–Kier alpha value is -1.10. The molecule has 1 atom stereocenters. The Morgan fingerprint density at radius 1 is 1.39 bits per heavy atom. The van der Waals surface area contributed by atoms with Gasteiger partial charge in [-0.05, 0) is 25.8 Å². The second kappa shape index (κ2) is 6.73. The predicted octanol–water partition coefficient (Wildman–Crippen LogP) is 0.361. The molecule has 0 spiro atoms. The maximum absolute atomic E-state index is 12.2. The zero-order chi connectivity index (χ0) is 13.6. The van der Waals surface area contributed by atoms with Gasteiger partial charge in [-0.2, -0.15) is 0 Å². The van der Waals surface area contributed by atoms with Gasteiger partial charge in [0.05, 0.1) is 5.41 Å². The summed E-state index contributed by atoms with van der Waals surface area (Å²) in [7, 11) is 3.45. The monoisotopic (exact) mass is 255 g/mol. The number of carbonyl (C=O) groups is 2. The third kappa shape index (κ3) is 3.70. The van der Waals surface area contributed by atoms with Gasteiger partial charge in [0.15, 0.2) is 0 Å². The summed E-state index contributed by atoms with van der Waals surface area (Å²) in [5, 5.41) is 6.19. The number of nitrogens with one attached hydrogen (secondary N) is 2. The number of rotatable bonds is 5. The van der Waals surface area contributed by atoms with E-state index in [4.69, 9.17) is 0 Å². The summed E-state index contributed by atoms with van der Waals surface area (Å²) < 4.78 is 0. The molecule has 1 saturated heterocycles. The van der Waals surface area contributed by atoms with Crippen LogP contribution < -0.4 is 10.6 Å². The minimum atomic E-state index is -0.278. The van der Waals surface area contributed by atoms with Crippen LogP contribution in [-0.4, -0.2) is 50.4 Å². The van der Waals surface area contributed by atoms with Crippen LogP contribution in [-0.2, 0) is 9.59 Å². The highest BCUT2D eigenvalue weighted by atomic mass is 16.2. The highest BCUT2D eigenvalue weighted by Crippen LogP contribution is 2.30. The molecule has 1 unspecified atom stereocenters. The summed E-state index contributed by atoms with van der Waals surface area (Å²) >= 11 is 0. The van der Waals surface area contributed by atoms with Crippen molar-refractivity contribution in [1.82, 2.24) is 15.5 Å². The van der Waals surface area contributed by atoms with E-state index in [1.165, 1.54) is 0 Å². The van der Waals surface area contributed by atoms with E-state index in [9.17, 15) is 9.59 Å². The quantitative estimate of drug-likeness (QED) is 0.746. The molecule has 5 heteroatoms. The molecule has 0 saturated carbocycles. The molecule has 18 heavy (non-hydrogen) atoms. The average Bonchev–Trinajstić information content (AvgIpc) is 2.39. The zero-order valence-corrected chi connectivity index (χ0v) is 11.7. The predicted molar refractivity (Wildman–Crippen MR) is 71.1 cm³/mol. The minimum absolute atomic E-state index is 0.0441. The van der Waals surface area contributed by atoms with Crippen molar-refractivity contribution in [3.63, 3.8) is 0 Å². The van der Waals surface area contributed by atoms with Gasteiger partial charge in [0.1, 0.15) is 0 Å². The Bertz CT molecular complexity index is 297. The van der Waals surface area contributed by atoms with Crippen LogP contribution in [0, 0.1) is 5.41 Å². The first kappa shape index (κ1) is 15.0. The Balaban J connectivity index is 2.41. The van der Waals surface area contributed by atoms with Gasteiger partial charge in [-0.15, -0.1) is 0 Å². The van der Waals surface area contributed by atoms with Crippen molar-refractivity contribution in [3.05, 3.63) is 0 Å². The van der Waals surface area contributed by atoms with Crippen LogP contribution in [0.3, 0.4) is 0 Å². The zero-order valence-electron chi connectivity index (χ0n) is 11.7. The summed E-state index contributed by atoms with van der Waals surface area (Å²) in [6, 6.07) is 0. The maximum atomic E-state index is 12.2. The van der Waals surface area contributed by atoms with Crippen molar-refractivity contribution in [3.8, 4) is 0 Å². The van der Waals surface area contributed by atoms with Crippen LogP contribution in [0.4, 0.5) is 0 Å². The molecule has 5 nitrogen and oxygen atoms in total. The third-order valence-corrected chi connectivity index (χ3v) is 3.75. The second-order valence-corrected chi connectivity index (χ2v) is 5.21. The molecule has 0 radical (unpaired) electrons. The number of hydrogen-bond acceptors (Lipinski definition) is 3. The fourth-order valence-corrected chi connectivity index (χ4v) is 2.32. The highest BCUT2D eigenvalue weighted by Gasteiger charge is 2.37. The molecule has 2 amide bonds. The van der Waals surface area contributed by atoms with Crippen molar-refractivity contribution in [1.29, 1.82) is 0 Å². The van der Waals surface area contributed by atoms with E-state index in [1.54, 1.807) is 19.0 Å². The van der Waals surface area contributed by atoms with Gasteiger partial charge in [0, 0.05) is 33.6 Å². The average molecular weight is 255 g/mol. The summed E-state index contributed by atoms with van der Waals surface area (Å²) in [5.41, 5.74) is -0.278. The molecule has 0 aliphatic carbocycles. The van der Waals surface area contributed by atoms with E-state index in [-0.39, 0.29) is 17.2 Å². The molecule has 0 aromatic rings. The third-order valence-electron chi connectivity index (χ3n) is 3.75. The van der Waals surface area contributed by atoms with E-state index in [2.05, 4.69) is 17.6 Å². The molecule has 2 N–H and O–H groups in total. The van der Waals surface area contributed by atoms with Crippen LogP contribution >= 0.6 is 0 Å². The molecule has 0 aromatic carbocycles. The molecule has 104 valence electrons. The van der Waals surface area contributed by atoms with E-state index >= 15 is 0 Å². The van der Waals surface area contributed by atoms with E-state index in [0.717, 1.165) is 32.4 Å². The van der Waals surface area contributed by atoms with Crippen molar-refractivity contribution in [2.24, 2.45) is 5.41 Å². The highest BCUT2D eigenvalue weighted by molar-refractivity contribution is 5.83. The first-order valence-electron chi connectivity index (χ1n) is 6.71. The summed E-state index contributed by atoms with van der Waals surface area (Å²) in [4.78, 5) is 25.2. The van der Waals surface area contributed by atoms with Crippen molar-refractivity contribution in [2.45, 2.75) is 32.6 Å². The lowest BCUT2D eigenvalue weighted by atomic mass is 9.77. The molecule has 1 rings (SSSR count). The largest absolute Gasteiger partial charge is 0.355 e. The topological polar surface area (TPSA) is 61.4 Å². The summed E-state index contributed by atoms with van der Waals surface area (Å²) in [6.07, 6.45) is 3.18. The van der Waals surface area contributed by atoms with Gasteiger partial charge in [-0.25, -0.2) is 0 Å². The van der Waals surface area contributed by atoms with Gasteiger partial charge in [0.25, 0.3) is 0 Å². The van der Waals surface area contributed by atoms with Gasteiger partial charge in [-0.1, -0.05) is 6.92 Å². The molecular weight excluding hydrogens is 230 g/mol. The number of hydrogen-bond donors (Lipinski definition) is 2. The van der Waals surface area contributed by atoms with Gasteiger partial charge >= 0.3 is 0 Å². The molecule has 0 bridgehead atoms. The fourth-order valence-electron chi connectivity index (χ4n) is 2.32. The first-order chi connectivity index (χ1) is 8.52. The molecule has 1 aliphatic heterocycles. The van der Waals surface area contributed by atoms with Crippen molar-refractivity contribution < 1.29 is 9.59 Å². The van der Waals surface area contributed by atoms with Crippen molar-refractivity contribution >= 4 is 11.8 Å². The smallest absolute Gasteiger partial charge is 0.227 e. The Morgan fingerprint density at radius 3 is 2.61 bits per heavy atom. The molecule has 1 fully saturated rings. The Labute approximate surface area is 109 Å². The minimum Gasteiger partial charge on any atom is -0.355 e. The fraction of sp³-hybridized carbons (Fsp3) is 0.846. The maximum Gasteiger partial charge on any atom is 0.227 e. The lowest BCUT2D eigenvalue weighted by Crippen LogP contribution is -2.50. The number of carbonyl (C=O) groups excluding carboxylic acids is 2. The van der Waals surface area contributed by atoms with Gasteiger partial charge in [-0.3, -0.25) is 9.59 Å². The van der Waals surface area contributed by atoms with Crippen LogP contribution in [0.1, 0.15) is 32.6 Å². The Morgan fingerprint density at radius 2 is 2.11 bits per heavy atom. The van der Waals surface area contributed by atoms with Gasteiger partial charge in [0.2, 0.25) is 11.8 Å². The number of nitrogens with zero attached hydrogens (tertiary/aromatic N) is 1. The molecular formula is C13H25N3O2. The lowest BCUT2D eigenvalue weighted by molar-refractivity contribution is -0.132. The molecule has 0 aromatic heterocycles. The molecule has 1 aliphatic rings. The number of piperidine rings is 1. The van der Waals surface area contributed by atoms with Crippen LogP contribution in [0.25, 0.3) is 0 Å². The van der Waals surface area contributed by atoms with Gasteiger partial charge < -0.3 is 15.5 Å². The van der Waals surface area contributed by atoms with E-state index in [1.807, 2.05) is 0 Å². The van der Waals surface area contributed by atoms with Crippen molar-refractivity contribution in [2.75, 3.05) is 33.7 Å². The lowest BCUT2D eigenvalue weighted by Gasteiger charge is -2.35. The SMILES string of the molecule is CCC1(C(=O)NCCC(=O)N(C)C)CCCNC1. The summed E-state index contributed by atoms with van der Waals surface area (Å²) in [5.74, 6) is 0.131. The standard InChI is InChI=1S/C13H25N3O2/c1-4-13(7-5-8-14-10-13)12(18)15-9-6-11(17)16(2)3/h14H,4-10H2,1-3H3,(H,15,18). The number of amides is 2. The first-order valence-corrected chi connectivity index (χ1v) is 6.71. The van der Waals surface area contributed by atoms with Crippen LogP contribution in [0.15, 0.2) is 0 Å². The van der Waals surface area contributed by atoms with E-state index in [0.29, 0.717) is 13.0 Å².